The molecule has 172 valence electrons. The predicted octanol–water partition coefficient (Wildman–Crippen LogP) is 2.67. The number of nitrogens with one attached hydrogen (secondary N) is 1. The Morgan fingerprint density at radius 1 is 1.06 bits per heavy atom. The van der Waals surface area contributed by atoms with Crippen LogP contribution in [-0.4, -0.2) is 40.6 Å². The van der Waals surface area contributed by atoms with E-state index < -0.39 is 16.9 Å². The maximum absolute atomic E-state index is 12.7. The number of aromatic amines is 1. The van der Waals surface area contributed by atoms with E-state index in [4.69, 9.17) is 28.5 Å². The SMILES string of the molecule is N#Cc1nn(-c2cc(Cl)c(-n3ncc4c3ccc(=O)n4C3CCSCC3)c(Cl)c2)c(=O)[nH]c1=O. The molecule has 1 aliphatic rings. The third-order valence-corrected chi connectivity index (χ3v) is 7.24. The summed E-state index contributed by atoms with van der Waals surface area (Å²) in [5, 5.41) is 17.6. The van der Waals surface area contributed by atoms with Gasteiger partial charge in [0, 0.05) is 12.1 Å². The summed E-state index contributed by atoms with van der Waals surface area (Å²) in [5.74, 6) is 1.98. The number of rotatable bonds is 3. The summed E-state index contributed by atoms with van der Waals surface area (Å²) in [6, 6.07) is 7.76. The van der Waals surface area contributed by atoms with Gasteiger partial charge in [-0.1, -0.05) is 23.2 Å². The molecule has 13 heteroatoms. The molecule has 0 saturated carbocycles. The van der Waals surface area contributed by atoms with Crippen molar-refractivity contribution >= 4 is 46.0 Å². The van der Waals surface area contributed by atoms with Gasteiger partial charge in [-0.25, -0.2) is 9.48 Å². The van der Waals surface area contributed by atoms with Crippen molar-refractivity contribution in [2.45, 2.75) is 18.9 Å². The van der Waals surface area contributed by atoms with E-state index in [1.165, 1.54) is 18.2 Å². The van der Waals surface area contributed by atoms with Crippen LogP contribution in [0.4, 0.5) is 0 Å². The second kappa shape index (κ2) is 8.79. The number of fused-ring (bicyclic) bond motifs is 1. The third kappa shape index (κ3) is 3.73. The van der Waals surface area contributed by atoms with Crippen LogP contribution in [0.3, 0.4) is 0 Å². The molecule has 1 aromatic carbocycles. The Labute approximate surface area is 205 Å². The van der Waals surface area contributed by atoms with Crippen LogP contribution in [-0.2, 0) is 0 Å². The highest BCUT2D eigenvalue weighted by Gasteiger charge is 2.22. The van der Waals surface area contributed by atoms with Crippen molar-refractivity contribution < 1.29 is 0 Å². The van der Waals surface area contributed by atoms with Gasteiger partial charge in [0.2, 0.25) is 5.69 Å². The lowest BCUT2D eigenvalue weighted by atomic mass is 10.1. The molecule has 0 radical (unpaired) electrons. The molecule has 3 aromatic heterocycles. The van der Waals surface area contributed by atoms with Crippen LogP contribution >= 0.6 is 35.0 Å². The van der Waals surface area contributed by atoms with Gasteiger partial charge < -0.3 is 4.57 Å². The molecule has 1 aliphatic heterocycles. The van der Waals surface area contributed by atoms with Gasteiger partial charge >= 0.3 is 5.69 Å². The lowest BCUT2D eigenvalue weighted by Gasteiger charge is -2.24. The quantitative estimate of drug-likeness (QED) is 0.443. The van der Waals surface area contributed by atoms with Crippen LogP contribution in [0.1, 0.15) is 24.6 Å². The van der Waals surface area contributed by atoms with Gasteiger partial charge in [0.05, 0.1) is 33.0 Å². The number of halogens is 2. The maximum atomic E-state index is 12.7. The van der Waals surface area contributed by atoms with E-state index in [2.05, 4.69) is 10.2 Å². The van der Waals surface area contributed by atoms with Crippen molar-refractivity contribution in [1.82, 2.24) is 29.1 Å². The highest BCUT2D eigenvalue weighted by Crippen LogP contribution is 2.34. The van der Waals surface area contributed by atoms with Crippen LogP contribution in [0.25, 0.3) is 22.4 Å². The Morgan fingerprint density at radius 3 is 2.44 bits per heavy atom. The van der Waals surface area contributed by atoms with Crippen molar-refractivity contribution in [2.24, 2.45) is 0 Å². The molecule has 0 unspecified atom stereocenters. The number of hydrogen-bond donors (Lipinski definition) is 1. The van der Waals surface area contributed by atoms with Crippen molar-refractivity contribution in [3.63, 3.8) is 0 Å². The van der Waals surface area contributed by atoms with E-state index >= 15 is 0 Å². The molecule has 0 amide bonds. The van der Waals surface area contributed by atoms with Crippen molar-refractivity contribution in [3.8, 4) is 17.4 Å². The first-order valence-electron chi connectivity index (χ1n) is 10.2. The number of benzene rings is 1. The zero-order valence-electron chi connectivity index (χ0n) is 17.4. The fourth-order valence-corrected chi connectivity index (χ4v) is 5.78. The maximum Gasteiger partial charge on any atom is 0.349 e. The molecule has 1 fully saturated rings. The number of aromatic nitrogens is 6. The average Bonchev–Trinajstić information content (AvgIpc) is 3.22. The molecule has 1 N–H and O–H groups in total. The standard InChI is InChI=1S/C21H15Cl2N7O3S/c22-13-7-12(29-21(33)26-20(32)15(9-24)27-29)8-14(23)19(13)30-16-1-2-18(31)28(17(16)10-25-30)11-3-5-34-6-4-11/h1-2,7-8,10-11H,3-6H2,(H,26,32,33). The van der Waals surface area contributed by atoms with E-state index in [0.717, 1.165) is 29.0 Å². The average molecular weight is 516 g/mol. The van der Waals surface area contributed by atoms with Crippen LogP contribution in [0.15, 0.2) is 44.8 Å². The number of H-pyrrole nitrogens is 1. The first kappa shape index (κ1) is 22.5. The lowest BCUT2D eigenvalue weighted by Crippen LogP contribution is -2.33. The summed E-state index contributed by atoms with van der Waals surface area (Å²) in [6.45, 7) is 0. The molecule has 34 heavy (non-hydrogen) atoms. The predicted molar refractivity (Wildman–Crippen MR) is 130 cm³/mol. The van der Waals surface area contributed by atoms with E-state index in [9.17, 15) is 14.4 Å². The summed E-state index contributed by atoms with van der Waals surface area (Å²) in [5.41, 5.74) is -0.458. The second-order valence-electron chi connectivity index (χ2n) is 7.60. The number of hydrogen-bond acceptors (Lipinski definition) is 7. The Balaban J connectivity index is 1.66. The van der Waals surface area contributed by atoms with E-state index in [0.29, 0.717) is 16.7 Å². The van der Waals surface area contributed by atoms with Crippen molar-refractivity contribution in [3.05, 3.63) is 77.4 Å². The third-order valence-electron chi connectivity index (χ3n) is 5.61. The monoisotopic (exact) mass is 515 g/mol. The smallest absolute Gasteiger partial charge is 0.302 e. The minimum Gasteiger partial charge on any atom is -0.302 e. The summed E-state index contributed by atoms with van der Waals surface area (Å²) in [6.07, 6.45) is 3.42. The minimum atomic E-state index is -0.886. The second-order valence-corrected chi connectivity index (χ2v) is 9.64. The highest BCUT2D eigenvalue weighted by molar-refractivity contribution is 7.99. The molecular weight excluding hydrogens is 501 g/mol. The molecule has 1 saturated heterocycles. The summed E-state index contributed by atoms with van der Waals surface area (Å²) in [7, 11) is 0. The molecule has 4 heterocycles. The normalized spacial score (nSPS) is 14.4. The Kier molecular flexibility index (Phi) is 5.81. The zero-order valence-corrected chi connectivity index (χ0v) is 19.7. The number of nitrogens with zero attached hydrogens (tertiary/aromatic N) is 6. The Hall–Kier alpha value is -3.33. The van der Waals surface area contributed by atoms with Gasteiger partial charge in [-0.05, 0) is 42.5 Å². The molecule has 0 aliphatic carbocycles. The van der Waals surface area contributed by atoms with Gasteiger partial charge in [0.25, 0.3) is 11.1 Å². The fraction of sp³-hybridized carbons (Fsp3) is 0.238. The number of thioether (sulfide) groups is 1. The van der Waals surface area contributed by atoms with Crippen molar-refractivity contribution in [2.75, 3.05) is 11.5 Å². The van der Waals surface area contributed by atoms with Gasteiger partial charge in [-0.15, -0.1) is 5.10 Å². The fourth-order valence-electron chi connectivity index (χ4n) is 4.06. The molecular formula is C21H15Cl2N7O3S. The molecule has 5 rings (SSSR count). The van der Waals surface area contributed by atoms with Gasteiger partial charge in [-0.2, -0.15) is 26.8 Å². The lowest BCUT2D eigenvalue weighted by molar-refractivity contribution is 0.470. The first-order chi connectivity index (χ1) is 16.4. The topological polar surface area (TPSA) is 131 Å². The number of pyridine rings is 1. The van der Waals surface area contributed by atoms with Crippen LogP contribution in [0, 0.1) is 11.3 Å². The highest BCUT2D eigenvalue weighted by atomic mass is 35.5. The summed E-state index contributed by atoms with van der Waals surface area (Å²) in [4.78, 5) is 38.6. The van der Waals surface area contributed by atoms with E-state index in [1.807, 2.05) is 16.7 Å². The molecule has 10 nitrogen and oxygen atoms in total. The summed E-state index contributed by atoms with van der Waals surface area (Å²) < 4.78 is 4.16. The first-order valence-corrected chi connectivity index (χ1v) is 12.1. The molecule has 0 bridgehead atoms. The van der Waals surface area contributed by atoms with Crippen LogP contribution in [0.5, 0.6) is 0 Å². The van der Waals surface area contributed by atoms with Gasteiger partial charge in [0.15, 0.2) is 0 Å². The Morgan fingerprint density at radius 2 is 1.76 bits per heavy atom. The van der Waals surface area contributed by atoms with Crippen LogP contribution < -0.4 is 16.8 Å². The largest absolute Gasteiger partial charge is 0.349 e. The zero-order chi connectivity index (χ0) is 24.0. The van der Waals surface area contributed by atoms with E-state index in [-0.39, 0.29) is 27.3 Å². The van der Waals surface area contributed by atoms with Crippen molar-refractivity contribution in [1.29, 1.82) is 5.26 Å². The summed E-state index contributed by atoms with van der Waals surface area (Å²) >= 11 is 15.0. The van der Waals surface area contributed by atoms with Gasteiger partial charge in [-0.3, -0.25) is 14.6 Å². The van der Waals surface area contributed by atoms with Gasteiger partial charge in [0.1, 0.15) is 11.8 Å². The Bertz CT molecular complexity index is 1640. The van der Waals surface area contributed by atoms with Crippen LogP contribution in [0.2, 0.25) is 10.0 Å². The minimum absolute atomic E-state index is 0.0895. The molecule has 4 aromatic rings. The van der Waals surface area contributed by atoms with E-state index in [1.54, 1.807) is 27.6 Å². The molecule has 0 atom stereocenters. The molecule has 0 spiro atoms. The number of nitriles is 1.